The lowest BCUT2D eigenvalue weighted by Gasteiger charge is -2.22. The Morgan fingerprint density at radius 1 is 1.00 bits per heavy atom. The molecule has 0 N–H and O–H groups in total. The third kappa shape index (κ3) is 5.55. The highest BCUT2D eigenvalue weighted by Gasteiger charge is 2.27. The van der Waals surface area contributed by atoms with E-state index in [1.165, 1.54) is 36.2 Å². The summed E-state index contributed by atoms with van der Waals surface area (Å²) in [4.78, 5) is 33.2. The highest BCUT2D eigenvalue weighted by Crippen LogP contribution is 2.38. The number of aromatic nitrogens is 1. The van der Waals surface area contributed by atoms with E-state index in [4.69, 9.17) is 37.4 Å². The van der Waals surface area contributed by atoms with Crippen molar-refractivity contribution >= 4 is 57.4 Å². The molecule has 1 aromatic heterocycles. The predicted octanol–water partition coefficient (Wildman–Crippen LogP) is 6.29. The second-order valence-corrected chi connectivity index (χ2v) is 8.49. The van der Waals surface area contributed by atoms with E-state index in [0.29, 0.717) is 35.3 Å². The number of halogens is 2. The first-order chi connectivity index (χ1) is 16.3. The Bertz CT molecular complexity index is 1180. The topological polar surface area (TPSA) is 81.2 Å². The number of hydrogen-bond donors (Lipinski definition) is 0. The number of rotatable bonds is 8. The number of nitrogens with zero attached hydrogens (tertiary/aromatic N) is 3. The highest BCUT2D eigenvalue weighted by atomic mass is 35.5. The summed E-state index contributed by atoms with van der Waals surface area (Å²) in [7, 11) is 3.02. The molecule has 0 aliphatic carbocycles. The molecule has 3 rings (SSSR count). The first-order valence-corrected chi connectivity index (χ1v) is 11.9. The van der Waals surface area contributed by atoms with Gasteiger partial charge in [0.25, 0.3) is 5.91 Å². The fourth-order valence-corrected chi connectivity index (χ4v) is 4.33. The van der Waals surface area contributed by atoms with Crippen LogP contribution in [0.4, 0.5) is 15.6 Å². The first-order valence-electron chi connectivity index (χ1n) is 10.3. The number of thiazole rings is 1. The van der Waals surface area contributed by atoms with Crippen molar-refractivity contribution in [1.82, 2.24) is 9.88 Å². The summed E-state index contributed by atoms with van der Waals surface area (Å²) >= 11 is 13.5. The summed E-state index contributed by atoms with van der Waals surface area (Å²) < 4.78 is 16.1. The quantitative estimate of drug-likeness (QED) is 0.345. The summed E-state index contributed by atoms with van der Waals surface area (Å²) in [6, 6.07) is 9.60. The van der Waals surface area contributed by atoms with Gasteiger partial charge in [-0.2, -0.15) is 4.98 Å². The fraction of sp³-hybridized carbons (Fsp3) is 0.261. The molecule has 3 aromatic rings. The van der Waals surface area contributed by atoms with Crippen molar-refractivity contribution in [3.05, 3.63) is 57.4 Å². The van der Waals surface area contributed by atoms with Crippen molar-refractivity contribution in [2.24, 2.45) is 0 Å². The largest absolute Gasteiger partial charge is 0.493 e. The number of carbonyl (C=O) groups is 2. The van der Waals surface area contributed by atoms with Crippen molar-refractivity contribution in [3.63, 3.8) is 0 Å². The third-order valence-electron chi connectivity index (χ3n) is 4.87. The Morgan fingerprint density at radius 2 is 1.71 bits per heavy atom. The smallest absolute Gasteiger partial charge is 0.416 e. The Labute approximate surface area is 211 Å². The number of methoxy groups -OCH3 is 2. The minimum Gasteiger partial charge on any atom is -0.493 e. The molecule has 0 fully saturated rings. The Morgan fingerprint density at radius 3 is 2.32 bits per heavy atom. The molecule has 0 saturated carbocycles. The van der Waals surface area contributed by atoms with Crippen LogP contribution in [0.5, 0.6) is 17.4 Å². The minimum atomic E-state index is -0.522. The zero-order valence-electron chi connectivity index (χ0n) is 19.0. The molecular weight excluding hydrogens is 501 g/mol. The molecular formula is C23H23Cl2N3O5S. The number of amides is 2. The maximum atomic E-state index is 13.6. The third-order valence-corrected chi connectivity index (χ3v) is 6.22. The number of anilines is 2. The molecule has 0 bridgehead atoms. The second kappa shape index (κ2) is 11.4. The van der Waals surface area contributed by atoms with Crippen LogP contribution in [0.3, 0.4) is 0 Å². The summed E-state index contributed by atoms with van der Waals surface area (Å²) in [5, 5.41) is 2.42. The van der Waals surface area contributed by atoms with Gasteiger partial charge in [0.15, 0.2) is 11.5 Å². The summed E-state index contributed by atoms with van der Waals surface area (Å²) in [6.07, 6.45) is -0.522. The Hall–Kier alpha value is -3.01. The predicted molar refractivity (Wildman–Crippen MR) is 134 cm³/mol. The van der Waals surface area contributed by atoms with Crippen LogP contribution >= 0.6 is 34.5 Å². The van der Waals surface area contributed by atoms with E-state index in [0.717, 1.165) is 11.3 Å². The Balaban J connectivity index is 2.05. The average molecular weight is 524 g/mol. The monoisotopic (exact) mass is 523 g/mol. The van der Waals surface area contributed by atoms with Gasteiger partial charge in [-0.1, -0.05) is 23.2 Å². The van der Waals surface area contributed by atoms with E-state index >= 15 is 0 Å². The van der Waals surface area contributed by atoms with Crippen molar-refractivity contribution in [1.29, 1.82) is 0 Å². The van der Waals surface area contributed by atoms with Crippen LogP contribution < -0.4 is 19.1 Å². The van der Waals surface area contributed by atoms with Gasteiger partial charge in [-0.05, 0) is 44.2 Å². The lowest BCUT2D eigenvalue weighted by atomic mass is 10.1. The molecule has 0 unspecified atom stereocenters. The van der Waals surface area contributed by atoms with Crippen LogP contribution in [0.25, 0.3) is 0 Å². The first kappa shape index (κ1) is 25.6. The zero-order valence-corrected chi connectivity index (χ0v) is 21.3. The van der Waals surface area contributed by atoms with E-state index in [1.807, 2.05) is 13.8 Å². The molecule has 8 nitrogen and oxygen atoms in total. The maximum Gasteiger partial charge on any atom is 0.416 e. The molecule has 0 atom stereocenters. The van der Waals surface area contributed by atoms with Gasteiger partial charge in [0.2, 0.25) is 11.0 Å². The van der Waals surface area contributed by atoms with Gasteiger partial charge in [-0.3, -0.25) is 9.69 Å². The number of benzene rings is 2. The lowest BCUT2D eigenvalue weighted by Crippen LogP contribution is -2.33. The van der Waals surface area contributed by atoms with Crippen LogP contribution in [-0.4, -0.2) is 49.2 Å². The fourth-order valence-electron chi connectivity index (χ4n) is 3.10. The molecule has 2 amide bonds. The van der Waals surface area contributed by atoms with Crippen molar-refractivity contribution < 1.29 is 23.8 Å². The number of hydrogen-bond acceptors (Lipinski definition) is 7. The van der Waals surface area contributed by atoms with E-state index in [2.05, 4.69) is 4.98 Å². The molecule has 2 aromatic carbocycles. The summed E-state index contributed by atoms with van der Waals surface area (Å²) in [5.74, 6) is 0.545. The van der Waals surface area contributed by atoms with Gasteiger partial charge in [0.1, 0.15) is 0 Å². The van der Waals surface area contributed by atoms with Gasteiger partial charge in [0.05, 0.1) is 35.9 Å². The van der Waals surface area contributed by atoms with Crippen LogP contribution in [-0.2, 0) is 0 Å². The van der Waals surface area contributed by atoms with Crippen LogP contribution in [0.15, 0.2) is 41.8 Å². The molecule has 0 radical (unpaired) electrons. The van der Waals surface area contributed by atoms with Crippen molar-refractivity contribution in [3.8, 4) is 17.4 Å². The normalized spacial score (nSPS) is 10.5. The molecule has 0 spiro atoms. The molecule has 0 aliphatic rings. The van der Waals surface area contributed by atoms with Crippen LogP contribution in [0.2, 0.25) is 10.0 Å². The van der Waals surface area contributed by atoms with Gasteiger partial charge in [0, 0.05) is 24.2 Å². The van der Waals surface area contributed by atoms with Gasteiger partial charge >= 0.3 is 6.09 Å². The van der Waals surface area contributed by atoms with E-state index in [1.54, 1.807) is 29.6 Å². The van der Waals surface area contributed by atoms with Crippen molar-refractivity contribution in [2.75, 3.05) is 32.2 Å². The molecule has 0 aliphatic heterocycles. The summed E-state index contributed by atoms with van der Waals surface area (Å²) in [5.41, 5.74) is 0.669. The standard InChI is InChI=1S/C23H23Cl2N3O5S/c1-5-27(6-2)23(30)33-20-13-34-22(26-20)28(15-8-10-18(31-3)19(12-15)32-4)21(29)16-9-7-14(24)11-17(16)25/h7-13H,5-6H2,1-4H3. The average Bonchev–Trinajstić information content (AvgIpc) is 3.27. The van der Waals surface area contributed by atoms with Crippen LogP contribution in [0, 0.1) is 0 Å². The Kier molecular flexibility index (Phi) is 8.60. The van der Waals surface area contributed by atoms with Crippen molar-refractivity contribution in [2.45, 2.75) is 13.8 Å². The van der Waals surface area contributed by atoms with E-state index < -0.39 is 12.0 Å². The molecule has 0 saturated heterocycles. The highest BCUT2D eigenvalue weighted by molar-refractivity contribution is 7.14. The van der Waals surface area contributed by atoms with E-state index in [-0.39, 0.29) is 21.6 Å². The molecule has 1 heterocycles. The molecule has 180 valence electrons. The molecule has 34 heavy (non-hydrogen) atoms. The summed E-state index contributed by atoms with van der Waals surface area (Å²) in [6.45, 7) is 4.70. The van der Waals surface area contributed by atoms with Gasteiger partial charge in [-0.25, -0.2) is 4.79 Å². The van der Waals surface area contributed by atoms with Crippen LogP contribution in [0.1, 0.15) is 24.2 Å². The second-order valence-electron chi connectivity index (χ2n) is 6.81. The minimum absolute atomic E-state index is 0.0809. The van der Waals surface area contributed by atoms with Gasteiger partial charge < -0.3 is 19.1 Å². The number of carbonyl (C=O) groups excluding carboxylic acids is 2. The maximum absolute atomic E-state index is 13.6. The zero-order chi connectivity index (χ0) is 24.8. The lowest BCUT2D eigenvalue weighted by molar-refractivity contribution is 0.0999. The van der Waals surface area contributed by atoms with E-state index in [9.17, 15) is 9.59 Å². The van der Waals surface area contributed by atoms with Gasteiger partial charge in [-0.15, -0.1) is 11.3 Å². The number of ether oxygens (including phenoxy) is 3. The SMILES string of the molecule is CCN(CC)C(=O)Oc1csc(N(C(=O)c2ccc(Cl)cc2Cl)c2ccc(OC)c(OC)c2)n1. The molecule has 11 heteroatoms.